The maximum absolute atomic E-state index is 11.8. The normalized spacial score (nSPS) is 11.2. The Kier molecular flexibility index (Phi) is 6.89. The summed E-state index contributed by atoms with van der Waals surface area (Å²) >= 11 is 0. The highest BCUT2D eigenvalue weighted by Gasteiger charge is 2.22. The van der Waals surface area contributed by atoms with Crippen molar-refractivity contribution in [1.29, 1.82) is 0 Å². The molecule has 0 aliphatic carbocycles. The van der Waals surface area contributed by atoms with Crippen LogP contribution in [-0.4, -0.2) is 31.3 Å². The van der Waals surface area contributed by atoms with Crippen LogP contribution in [0.1, 0.15) is 12.5 Å². The van der Waals surface area contributed by atoms with Gasteiger partial charge in [-0.05, 0) is 12.5 Å². The van der Waals surface area contributed by atoms with Crippen LogP contribution < -0.4 is 5.32 Å². The lowest BCUT2D eigenvalue weighted by atomic mass is 10.1. The first-order valence-corrected chi connectivity index (χ1v) is 6.42. The van der Waals surface area contributed by atoms with Crippen LogP contribution in [0.4, 0.5) is 4.79 Å². The molecule has 5 heteroatoms. The van der Waals surface area contributed by atoms with E-state index in [1.54, 1.807) is 6.92 Å². The van der Waals surface area contributed by atoms with Gasteiger partial charge in [0.25, 0.3) is 0 Å². The van der Waals surface area contributed by atoms with Crippen LogP contribution in [0, 0.1) is 0 Å². The van der Waals surface area contributed by atoms with Gasteiger partial charge in [-0.2, -0.15) is 0 Å². The van der Waals surface area contributed by atoms with E-state index in [9.17, 15) is 9.59 Å². The van der Waals surface area contributed by atoms with Crippen LogP contribution in [0.2, 0.25) is 0 Å². The van der Waals surface area contributed by atoms with Gasteiger partial charge in [0.1, 0.15) is 12.6 Å². The number of ether oxygens (including phenoxy) is 2. The lowest BCUT2D eigenvalue weighted by molar-refractivity contribution is -0.145. The van der Waals surface area contributed by atoms with Crippen LogP contribution in [0.15, 0.2) is 43.0 Å². The topological polar surface area (TPSA) is 64.6 Å². The molecule has 1 aromatic rings. The second kappa shape index (κ2) is 8.74. The van der Waals surface area contributed by atoms with Crippen molar-refractivity contribution in [2.45, 2.75) is 19.4 Å². The monoisotopic (exact) mass is 277 g/mol. The van der Waals surface area contributed by atoms with Gasteiger partial charge in [0.05, 0.1) is 6.61 Å². The smallest absolute Gasteiger partial charge is 0.408 e. The van der Waals surface area contributed by atoms with Crippen LogP contribution in [-0.2, 0) is 20.7 Å². The summed E-state index contributed by atoms with van der Waals surface area (Å²) in [6.07, 6.45) is 1.14. The van der Waals surface area contributed by atoms with Crippen LogP contribution in [0.25, 0.3) is 0 Å². The van der Waals surface area contributed by atoms with E-state index in [1.807, 2.05) is 30.3 Å². The molecule has 1 amide bonds. The van der Waals surface area contributed by atoms with E-state index in [0.29, 0.717) is 6.42 Å². The number of nitrogens with one attached hydrogen (secondary N) is 1. The van der Waals surface area contributed by atoms with Gasteiger partial charge in [0.2, 0.25) is 0 Å². The second-order valence-corrected chi connectivity index (χ2v) is 4.03. The molecule has 0 aliphatic heterocycles. The molecule has 0 fully saturated rings. The number of carbonyl (C=O) groups excluding carboxylic acids is 2. The fourth-order valence-electron chi connectivity index (χ4n) is 1.60. The standard InChI is InChI=1S/C15H19NO4/c1-3-10-20-15(18)16-13(14(17)19-4-2)11-12-8-6-5-7-9-12/h3,5-9,13H,1,4,10-11H2,2H3,(H,16,18). The molecule has 0 aromatic heterocycles. The van der Waals surface area contributed by atoms with Gasteiger partial charge >= 0.3 is 12.1 Å². The molecule has 0 aliphatic rings. The fourth-order valence-corrected chi connectivity index (χ4v) is 1.60. The molecular formula is C15H19NO4. The van der Waals surface area contributed by atoms with Gasteiger partial charge in [-0.25, -0.2) is 9.59 Å². The van der Waals surface area contributed by atoms with Gasteiger partial charge in [-0.3, -0.25) is 0 Å². The summed E-state index contributed by atoms with van der Waals surface area (Å²) in [6, 6.07) is 8.61. The minimum atomic E-state index is -0.769. The van der Waals surface area contributed by atoms with E-state index < -0.39 is 18.1 Å². The van der Waals surface area contributed by atoms with E-state index in [2.05, 4.69) is 11.9 Å². The molecule has 20 heavy (non-hydrogen) atoms. The van der Waals surface area contributed by atoms with E-state index >= 15 is 0 Å². The quantitative estimate of drug-likeness (QED) is 0.612. The third kappa shape index (κ3) is 5.56. The van der Waals surface area contributed by atoms with E-state index in [1.165, 1.54) is 6.08 Å². The van der Waals surface area contributed by atoms with Crippen molar-refractivity contribution in [2.24, 2.45) is 0 Å². The zero-order chi connectivity index (χ0) is 14.8. The summed E-state index contributed by atoms with van der Waals surface area (Å²) in [6.45, 7) is 5.51. The largest absolute Gasteiger partial charge is 0.464 e. The Hall–Kier alpha value is -2.30. The lowest BCUT2D eigenvalue weighted by Crippen LogP contribution is -2.43. The summed E-state index contributed by atoms with van der Waals surface area (Å²) in [5.74, 6) is -0.480. The molecule has 108 valence electrons. The van der Waals surface area contributed by atoms with Gasteiger partial charge in [0.15, 0.2) is 0 Å². The zero-order valence-corrected chi connectivity index (χ0v) is 11.5. The average molecular weight is 277 g/mol. The molecule has 1 unspecified atom stereocenters. The minimum Gasteiger partial charge on any atom is -0.464 e. The average Bonchev–Trinajstić information content (AvgIpc) is 2.46. The van der Waals surface area contributed by atoms with Crippen molar-refractivity contribution < 1.29 is 19.1 Å². The number of alkyl carbamates (subject to hydrolysis) is 1. The van der Waals surface area contributed by atoms with Crippen LogP contribution in [0.3, 0.4) is 0 Å². The maximum atomic E-state index is 11.8. The van der Waals surface area contributed by atoms with E-state index in [0.717, 1.165) is 5.56 Å². The Morgan fingerprint density at radius 1 is 1.30 bits per heavy atom. The van der Waals surface area contributed by atoms with Gasteiger partial charge in [-0.15, -0.1) is 0 Å². The van der Waals surface area contributed by atoms with Gasteiger partial charge < -0.3 is 14.8 Å². The molecule has 0 radical (unpaired) electrons. The van der Waals surface area contributed by atoms with Crippen molar-refractivity contribution in [2.75, 3.05) is 13.2 Å². The Bertz CT molecular complexity index is 444. The maximum Gasteiger partial charge on any atom is 0.408 e. The van der Waals surface area contributed by atoms with Crippen LogP contribution >= 0.6 is 0 Å². The summed E-state index contributed by atoms with van der Waals surface area (Å²) in [7, 11) is 0. The number of hydrogen-bond acceptors (Lipinski definition) is 4. The molecule has 0 saturated heterocycles. The first kappa shape index (κ1) is 15.8. The van der Waals surface area contributed by atoms with Gasteiger partial charge in [0, 0.05) is 6.42 Å². The highest BCUT2D eigenvalue weighted by Crippen LogP contribution is 2.05. The fraction of sp³-hybridized carbons (Fsp3) is 0.333. The van der Waals surface area contributed by atoms with Crippen LogP contribution in [0.5, 0.6) is 0 Å². The summed E-state index contributed by atoms with van der Waals surface area (Å²) in [5.41, 5.74) is 0.926. The molecule has 0 spiro atoms. The predicted molar refractivity (Wildman–Crippen MR) is 75.2 cm³/mol. The number of amides is 1. The van der Waals surface area contributed by atoms with Crippen molar-refractivity contribution in [3.8, 4) is 0 Å². The molecular weight excluding hydrogens is 258 g/mol. The molecule has 1 rings (SSSR count). The second-order valence-electron chi connectivity index (χ2n) is 4.03. The molecule has 0 saturated carbocycles. The molecule has 1 aromatic carbocycles. The highest BCUT2D eigenvalue weighted by atomic mass is 16.6. The molecule has 5 nitrogen and oxygen atoms in total. The van der Waals surface area contributed by atoms with Crippen molar-refractivity contribution in [3.63, 3.8) is 0 Å². The lowest BCUT2D eigenvalue weighted by Gasteiger charge is -2.17. The number of carbonyl (C=O) groups is 2. The number of benzene rings is 1. The third-order valence-electron chi connectivity index (χ3n) is 2.48. The Morgan fingerprint density at radius 3 is 2.60 bits per heavy atom. The first-order chi connectivity index (χ1) is 9.67. The molecule has 0 bridgehead atoms. The van der Waals surface area contributed by atoms with Gasteiger partial charge in [-0.1, -0.05) is 43.0 Å². The van der Waals surface area contributed by atoms with E-state index in [4.69, 9.17) is 9.47 Å². The predicted octanol–water partition coefficient (Wildman–Crippen LogP) is 2.07. The third-order valence-corrected chi connectivity index (χ3v) is 2.48. The SMILES string of the molecule is C=CCOC(=O)NC(Cc1ccccc1)C(=O)OCC. The number of hydrogen-bond donors (Lipinski definition) is 1. The first-order valence-electron chi connectivity index (χ1n) is 6.42. The summed E-state index contributed by atoms with van der Waals surface area (Å²) < 4.78 is 9.76. The molecule has 0 heterocycles. The Labute approximate surface area is 118 Å². The number of esters is 1. The van der Waals surface area contributed by atoms with Crippen molar-refractivity contribution in [3.05, 3.63) is 48.6 Å². The van der Waals surface area contributed by atoms with Crippen molar-refractivity contribution in [1.82, 2.24) is 5.32 Å². The summed E-state index contributed by atoms with van der Waals surface area (Å²) in [5, 5.41) is 2.50. The van der Waals surface area contributed by atoms with Crippen molar-refractivity contribution >= 4 is 12.1 Å². The summed E-state index contributed by atoms with van der Waals surface area (Å²) in [4.78, 5) is 23.4. The number of rotatable bonds is 7. The highest BCUT2D eigenvalue weighted by molar-refractivity contribution is 5.81. The Balaban J connectivity index is 2.67. The van der Waals surface area contributed by atoms with E-state index in [-0.39, 0.29) is 13.2 Å². The minimum absolute atomic E-state index is 0.0900. The Morgan fingerprint density at radius 2 is 2.00 bits per heavy atom. The molecule has 1 atom stereocenters. The zero-order valence-electron chi connectivity index (χ0n) is 11.5. The molecule has 1 N–H and O–H groups in total.